The Morgan fingerprint density at radius 1 is 1.33 bits per heavy atom. The molecule has 6 heteroatoms. The number of hydrogen-bond acceptors (Lipinski definition) is 6. The van der Waals surface area contributed by atoms with E-state index in [1.807, 2.05) is 0 Å². The first-order chi connectivity index (χ1) is 8.80. The first-order valence-corrected chi connectivity index (χ1v) is 6.53. The first-order valence-electron chi connectivity index (χ1n) is 6.53. The maximum atomic E-state index is 5.16. The molecule has 0 aromatic carbocycles. The number of ether oxygens (including phenoxy) is 1. The molecule has 0 aliphatic carbocycles. The van der Waals surface area contributed by atoms with Crippen molar-refractivity contribution >= 4 is 0 Å². The van der Waals surface area contributed by atoms with E-state index in [0.29, 0.717) is 19.0 Å². The third-order valence-electron chi connectivity index (χ3n) is 2.82. The van der Waals surface area contributed by atoms with Crippen LogP contribution in [-0.4, -0.2) is 54.9 Å². The fourth-order valence-corrected chi connectivity index (χ4v) is 1.63. The van der Waals surface area contributed by atoms with Crippen molar-refractivity contribution in [1.82, 2.24) is 20.4 Å². The predicted octanol–water partition coefficient (Wildman–Crippen LogP) is 0.690. The second-order valence-electron chi connectivity index (χ2n) is 4.05. The molecule has 0 bridgehead atoms. The summed E-state index contributed by atoms with van der Waals surface area (Å²) in [6.07, 6.45) is 0.837. The molecule has 0 radical (unpaired) electrons. The smallest absolute Gasteiger partial charge is 0.240 e. The van der Waals surface area contributed by atoms with E-state index in [1.54, 1.807) is 7.11 Å². The minimum atomic E-state index is 0.599. The molecule has 1 heterocycles. The molecule has 0 unspecified atom stereocenters. The van der Waals surface area contributed by atoms with Crippen LogP contribution in [0.4, 0.5) is 0 Å². The highest BCUT2D eigenvalue weighted by Gasteiger charge is 2.07. The molecule has 104 valence electrons. The second kappa shape index (κ2) is 9.02. The predicted molar refractivity (Wildman–Crippen MR) is 69.4 cm³/mol. The molecule has 0 saturated carbocycles. The van der Waals surface area contributed by atoms with Gasteiger partial charge in [-0.25, -0.2) is 0 Å². The van der Waals surface area contributed by atoms with E-state index in [-0.39, 0.29) is 0 Å². The lowest BCUT2D eigenvalue weighted by Crippen LogP contribution is -2.25. The molecule has 0 aliphatic heterocycles. The Hall–Kier alpha value is -0.980. The van der Waals surface area contributed by atoms with Gasteiger partial charge in [0.05, 0.1) is 13.2 Å². The lowest BCUT2D eigenvalue weighted by atomic mass is 10.3. The van der Waals surface area contributed by atoms with Crippen molar-refractivity contribution < 1.29 is 9.26 Å². The van der Waals surface area contributed by atoms with Crippen LogP contribution < -0.4 is 5.32 Å². The molecule has 0 fully saturated rings. The lowest BCUT2D eigenvalue weighted by molar-refractivity contribution is 0.197. The van der Waals surface area contributed by atoms with Gasteiger partial charge in [0.25, 0.3) is 0 Å². The normalized spacial score (nSPS) is 11.3. The Balaban J connectivity index is 2.25. The Kier molecular flexibility index (Phi) is 7.55. The Morgan fingerprint density at radius 3 is 2.78 bits per heavy atom. The minimum absolute atomic E-state index is 0.599. The highest BCUT2D eigenvalue weighted by atomic mass is 16.5. The van der Waals surface area contributed by atoms with Gasteiger partial charge in [0.2, 0.25) is 5.89 Å². The van der Waals surface area contributed by atoms with Crippen molar-refractivity contribution in [2.45, 2.75) is 26.8 Å². The van der Waals surface area contributed by atoms with Crippen molar-refractivity contribution in [1.29, 1.82) is 0 Å². The number of aromatic nitrogens is 2. The molecule has 0 atom stereocenters. The minimum Gasteiger partial charge on any atom is -0.383 e. The Labute approximate surface area is 109 Å². The Bertz CT molecular complexity index is 313. The largest absolute Gasteiger partial charge is 0.383 e. The molecule has 6 nitrogen and oxygen atoms in total. The Morgan fingerprint density at radius 2 is 2.11 bits per heavy atom. The van der Waals surface area contributed by atoms with Crippen LogP contribution in [0, 0.1) is 0 Å². The van der Waals surface area contributed by atoms with Crippen LogP contribution in [0.15, 0.2) is 4.52 Å². The SMILES string of the molecule is CCN(CC)CCc1noc(CNCCOC)n1. The fraction of sp³-hybridized carbons (Fsp3) is 0.833. The van der Waals surface area contributed by atoms with Crippen LogP contribution in [0.5, 0.6) is 0 Å². The van der Waals surface area contributed by atoms with Crippen molar-refractivity contribution in [3.8, 4) is 0 Å². The lowest BCUT2D eigenvalue weighted by Gasteiger charge is -2.16. The number of nitrogens with one attached hydrogen (secondary N) is 1. The van der Waals surface area contributed by atoms with Gasteiger partial charge in [-0.1, -0.05) is 19.0 Å². The van der Waals surface area contributed by atoms with Crippen molar-refractivity contribution in [3.63, 3.8) is 0 Å². The van der Waals surface area contributed by atoms with Crippen molar-refractivity contribution in [3.05, 3.63) is 11.7 Å². The summed E-state index contributed by atoms with van der Waals surface area (Å²) in [5.74, 6) is 1.42. The molecule has 0 aliphatic rings. The van der Waals surface area contributed by atoms with Gasteiger partial charge in [0, 0.05) is 26.6 Å². The zero-order valence-corrected chi connectivity index (χ0v) is 11.6. The van der Waals surface area contributed by atoms with Gasteiger partial charge in [0.15, 0.2) is 5.82 Å². The van der Waals surface area contributed by atoms with Gasteiger partial charge in [-0.15, -0.1) is 0 Å². The van der Waals surface area contributed by atoms with E-state index in [2.05, 4.69) is 34.2 Å². The van der Waals surface area contributed by atoms with E-state index in [0.717, 1.165) is 38.4 Å². The first kappa shape index (κ1) is 15.1. The maximum absolute atomic E-state index is 5.16. The highest BCUT2D eigenvalue weighted by molar-refractivity contribution is 4.87. The fourth-order valence-electron chi connectivity index (χ4n) is 1.63. The standard InChI is InChI=1S/C12H24N4O2/c1-4-16(5-2)8-6-11-14-12(18-15-11)10-13-7-9-17-3/h13H,4-10H2,1-3H3. The van der Waals surface area contributed by atoms with Crippen LogP contribution in [0.3, 0.4) is 0 Å². The summed E-state index contributed by atoms with van der Waals surface area (Å²) in [6.45, 7) is 9.47. The van der Waals surface area contributed by atoms with Gasteiger partial charge < -0.3 is 19.5 Å². The van der Waals surface area contributed by atoms with Crippen LogP contribution in [0.2, 0.25) is 0 Å². The third kappa shape index (κ3) is 5.57. The molecule has 0 spiro atoms. The maximum Gasteiger partial charge on any atom is 0.240 e. The van der Waals surface area contributed by atoms with Gasteiger partial charge in [0.1, 0.15) is 0 Å². The molecular formula is C12H24N4O2. The zero-order chi connectivity index (χ0) is 13.2. The van der Waals surface area contributed by atoms with Crippen LogP contribution in [0.25, 0.3) is 0 Å². The zero-order valence-electron chi connectivity index (χ0n) is 11.6. The van der Waals surface area contributed by atoms with Crippen LogP contribution >= 0.6 is 0 Å². The molecule has 1 N–H and O–H groups in total. The van der Waals surface area contributed by atoms with E-state index >= 15 is 0 Å². The van der Waals surface area contributed by atoms with E-state index in [9.17, 15) is 0 Å². The molecule has 1 aromatic heterocycles. The van der Waals surface area contributed by atoms with Gasteiger partial charge in [-0.3, -0.25) is 0 Å². The van der Waals surface area contributed by atoms with Crippen molar-refractivity contribution in [2.24, 2.45) is 0 Å². The average Bonchev–Trinajstić information content (AvgIpc) is 2.84. The summed E-state index contributed by atoms with van der Waals surface area (Å²) in [5.41, 5.74) is 0. The van der Waals surface area contributed by atoms with E-state index in [4.69, 9.17) is 9.26 Å². The quantitative estimate of drug-likeness (QED) is 0.621. The number of hydrogen-bond donors (Lipinski definition) is 1. The summed E-state index contributed by atoms with van der Waals surface area (Å²) in [6, 6.07) is 0. The van der Waals surface area contributed by atoms with Gasteiger partial charge >= 0.3 is 0 Å². The number of likely N-dealkylation sites (N-methyl/N-ethyl adjacent to an activating group) is 1. The monoisotopic (exact) mass is 256 g/mol. The summed E-state index contributed by atoms with van der Waals surface area (Å²) in [5, 5.41) is 7.14. The molecule has 1 aromatic rings. The highest BCUT2D eigenvalue weighted by Crippen LogP contribution is 1.99. The summed E-state index contributed by atoms with van der Waals surface area (Å²) in [7, 11) is 1.68. The molecule has 0 saturated heterocycles. The topological polar surface area (TPSA) is 63.4 Å². The summed E-state index contributed by atoms with van der Waals surface area (Å²) >= 11 is 0. The second-order valence-corrected chi connectivity index (χ2v) is 4.05. The molecule has 18 heavy (non-hydrogen) atoms. The number of rotatable bonds is 10. The number of methoxy groups -OCH3 is 1. The van der Waals surface area contributed by atoms with Crippen molar-refractivity contribution in [2.75, 3.05) is 39.9 Å². The van der Waals surface area contributed by atoms with Gasteiger partial charge in [-0.2, -0.15) is 4.98 Å². The summed E-state index contributed by atoms with van der Waals surface area (Å²) in [4.78, 5) is 6.68. The van der Waals surface area contributed by atoms with Crippen LogP contribution in [-0.2, 0) is 17.7 Å². The third-order valence-corrected chi connectivity index (χ3v) is 2.82. The van der Waals surface area contributed by atoms with E-state index in [1.165, 1.54) is 0 Å². The number of nitrogens with zero attached hydrogens (tertiary/aromatic N) is 3. The van der Waals surface area contributed by atoms with Gasteiger partial charge in [-0.05, 0) is 13.1 Å². The van der Waals surface area contributed by atoms with E-state index < -0.39 is 0 Å². The molecule has 0 amide bonds. The van der Waals surface area contributed by atoms with Crippen LogP contribution in [0.1, 0.15) is 25.6 Å². The molecule has 1 rings (SSSR count). The summed E-state index contributed by atoms with van der Waals surface area (Å²) < 4.78 is 10.1. The average molecular weight is 256 g/mol. The molecular weight excluding hydrogens is 232 g/mol.